The fourth-order valence-corrected chi connectivity index (χ4v) is 3.07. The van der Waals surface area contributed by atoms with Crippen LogP contribution >= 0.6 is 11.6 Å². The maximum absolute atomic E-state index is 12.9. The Hall–Kier alpha value is -2.32. The largest absolute Gasteiger partial charge is 0.417 e. The van der Waals surface area contributed by atoms with Gasteiger partial charge >= 0.3 is 6.18 Å². The van der Waals surface area contributed by atoms with Crippen LogP contribution in [0.3, 0.4) is 0 Å². The minimum absolute atomic E-state index is 0.206. The summed E-state index contributed by atoms with van der Waals surface area (Å²) in [5.41, 5.74) is 0.0224. The number of halogens is 4. The Morgan fingerprint density at radius 3 is 2.38 bits per heavy atom. The normalized spacial score (nSPS) is 11.7. The summed E-state index contributed by atoms with van der Waals surface area (Å²) in [6.07, 6.45) is -4.07. The highest BCUT2D eigenvalue weighted by Gasteiger charge is 2.32. The number of carbonyl (C=O) groups excluding carboxylic acids is 1. The zero-order valence-electron chi connectivity index (χ0n) is 16.2. The summed E-state index contributed by atoms with van der Waals surface area (Å²) in [5, 5.41) is 2.07. The van der Waals surface area contributed by atoms with Crippen molar-refractivity contribution in [2.45, 2.75) is 39.7 Å². The van der Waals surface area contributed by atoms with Crippen LogP contribution in [0.15, 0.2) is 41.3 Å². The summed E-state index contributed by atoms with van der Waals surface area (Å²) in [7, 11) is 0. The molecule has 2 rings (SSSR count). The summed E-state index contributed by atoms with van der Waals surface area (Å²) in [6.45, 7) is 6.27. The number of hydrogen-bond acceptors (Lipinski definition) is 3. The molecule has 0 radical (unpaired) electrons. The average molecular weight is 430 g/mol. The topological polar surface area (TPSA) is 54.3 Å². The molecule has 0 spiro atoms. The van der Waals surface area contributed by atoms with E-state index >= 15 is 0 Å². The van der Waals surface area contributed by atoms with Crippen molar-refractivity contribution in [1.29, 1.82) is 0 Å². The number of carbonyl (C=O) groups is 1. The number of hydrogen-bond donors (Lipinski definition) is 1. The average Bonchev–Trinajstić information content (AvgIpc) is 2.67. The zero-order valence-corrected chi connectivity index (χ0v) is 17.0. The van der Waals surface area contributed by atoms with Gasteiger partial charge in [-0.3, -0.25) is 14.5 Å². The van der Waals surface area contributed by atoms with Gasteiger partial charge in [-0.1, -0.05) is 49.7 Å². The number of aromatic nitrogens is 1. The molecule has 1 heterocycles. The molecule has 0 aliphatic heterocycles. The van der Waals surface area contributed by atoms with Crippen molar-refractivity contribution in [2.75, 3.05) is 13.1 Å². The first-order chi connectivity index (χ1) is 13.7. The molecule has 0 saturated carbocycles. The second kappa shape index (κ2) is 9.93. The van der Waals surface area contributed by atoms with Crippen molar-refractivity contribution in [1.82, 2.24) is 14.8 Å². The minimum atomic E-state index is -4.67. The van der Waals surface area contributed by atoms with Crippen molar-refractivity contribution >= 4 is 17.5 Å². The predicted molar refractivity (Wildman–Crippen MR) is 106 cm³/mol. The Labute approximate surface area is 172 Å². The van der Waals surface area contributed by atoms with Gasteiger partial charge in [-0.15, -0.1) is 0 Å². The summed E-state index contributed by atoms with van der Waals surface area (Å²) in [6, 6.07) is 8.17. The fourth-order valence-electron chi connectivity index (χ4n) is 2.85. The second-order valence-electron chi connectivity index (χ2n) is 6.51. The molecule has 1 amide bonds. The lowest BCUT2D eigenvalue weighted by atomic mass is 10.1. The lowest BCUT2D eigenvalue weighted by Gasteiger charge is -2.20. The van der Waals surface area contributed by atoms with E-state index in [1.807, 2.05) is 24.3 Å². The Balaban J connectivity index is 2.10. The molecule has 1 N–H and O–H groups in total. The fraction of sp³-hybridized carbons (Fsp3) is 0.400. The van der Waals surface area contributed by atoms with Crippen LogP contribution in [-0.4, -0.2) is 28.5 Å². The van der Waals surface area contributed by atoms with Gasteiger partial charge in [0.2, 0.25) is 5.91 Å². The van der Waals surface area contributed by atoms with Crippen molar-refractivity contribution in [3.63, 3.8) is 0 Å². The molecule has 5 nitrogen and oxygen atoms in total. The molecule has 0 bridgehead atoms. The van der Waals surface area contributed by atoms with Gasteiger partial charge < -0.3 is 9.88 Å². The SMILES string of the molecule is CCN(CC)Cc1ccccc1CNC(=O)Cn1cc(C(F)(F)F)cc(Cl)c1=O. The van der Waals surface area contributed by atoms with Crippen molar-refractivity contribution in [3.05, 3.63) is 68.6 Å². The predicted octanol–water partition coefficient (Wildman–Crippen LogP) is 3.68. The van der Waals surface area contributed by atoms with Crippen LogP contribution in [0.5, 0.6) is 0 Å². The first-order valence-corrected chi connectivity index (χ1v) is 9.56. The summed E-state index contributed by atoms with van der Waals surface area (Å²) >= 11 is 5.61. The number of amides is 1. The molecule has 0 fully saturated rings. The van der Waals surface area contributed by atoms with E-state index in [1.165, 1.54) is 0 Å². The molecule has 0 saturated heterocycles. The number of alkyl halides is 3. The van der Waals surface area contributed by atoms with Crippen LogP contribution in [-0.2, 0) is 30.6 Å². The minimum Gasteiger partial charge on any atom is -0.350 e. The van der Waals surface area contributed by atoms with Gasteiger partial charge in [0.1, 0.15) is 11.6 Å². The van der Waals surface area contributed by atoms with Crippen LogP contribution in [0.1, 0.15) is 30.5 Å². The molecule has 0 atom stereocenters. The molecule has 29 heavy (non-hydrogen) atoms. The maximum atomic E-state index is 12.9. The third-order valence-corrected chi connectivity index (χ3v) is 4.84. The molecular formula is C20H23ClF3N3O2. The molecule has 158 valence electrons. The number of benzene rings is 1. The molecule has 9 heteroatoms. The number of rotatable bonds is 8. The number of nitrogens with zero attached hydrogens (tertiary/aromatic N) is 2. The van der Waals surface area contributed by atoms with E-state index in [0.29, 0.717) is 16.8 Å². The Morgan fingerprint density at radius 1 is 1.17 bits per heavy atom. The van der Waals surface area contributed by atoms with Gasteiger partial charge in [0.25, 0.3) is 5.56 Å². The lowest BCUT2D eigenvalue weighted by molar-refractivity contribution is -0.138. The third kappa shape index (κ3) is 6.33. The first kappa shape index (κ1) is 23.0. The van der Waals surface area contributed by atoms with E-state index in [1.54, 1.807) is 0 Å². The van der Waals surface area contributed by atoms with E-state index in [0.717, 1.165) is 30.8 Å². The smallest absolute Gasteiger partial charge is 0.350 e. The van der Waals surface area contributed by atoms with Gasteiger partial charge in [0.05, 0.1) is 5.56 Å². The summed E-state index contributed by atoms with van der Waals surface area (Å²) < 4.78 is 39.4. The molecule has 2 aromatic rings. The van der Waals surface area contributed by atoms with Crippen LogP contribution in [0, 0.1) is 0 Å². The molecule has 0 aliphatic carbocycles. The van der Waals surface area contributed by atoms with Gasteiger partial charge in [-0.05, 0) is 30.3 Å². The highest BCUT2D eigenvalue weighted by Crippen LogP contribution is 2.29. The van der Waals surface area contributed by atoms with Crippen LogP contribution in [0.2, 0.25) is 5.02 Å². The van der Waals surface area contributed by atoms with Gasteiger partial charge in [0.15, 0.2) is 0 Å². The molecule has 0 unspecified atom stereocenters. The van der Waals surface area contributed by atoms with E-state index in [4.69, 9.17) is 11.6 Å². The Morgan fingerprint density at radius 2 is 1.79 bits per heavy atom. The quantitative estimate of drug-likeness (QED) is 0.696. The van der Waals surface area contributed by atoms with E-state index < -0.39 is 34.8 Å². The highest BCUT2D eigenvalue weighted by molar-refractivity contribution is 6.30. The lowest BCUT2D eigenvalue weighted by Crippen LogP contribution is -2.33. The van der Waals surface area contributed by atoms with Crippen LogP contribution in [0.25, 0.3) is 0 Å². The van der Waals surface area contributed by atoms with Gasteiger partial charge in [-0.25, -0.2) is 0 Å². The summed E-state index contributed by atoms with van der Waals surface area (Å²) in [4.78, 5) is 26.5. The summed E-state index contributed by atoms with van der Waals surface area (Å²) in [5.74, 6) is -0.583. The maximum Gasteiger partial charge on any atom is 0.417 e. The number of pyridine rings is 1. The highest BCUT2D eigenvalue weighted by atomic mass is 35.5. The molecule has 1 aromatic heterocycles. The monoisotopic (exact) mass is 429 g/mol. The van der Waals surface area contributed by atoms with Gasteiger partial charge in [-0.2, -0.15) is 13.2 Å². The third-order valence-electron chi connectivity index (χ3n) is 4.57. The Bertz CT molecular complexity index is 909. The number of nitrogens with one attached hydrogen (secondary N) is 1. The van der Waals surface area contributed by atoms with E-state index in [9.17, 15) is 22.8 Å². The van der Waals surface area contributed by atoms with E-state index in [2.05, 4.69) is 24.1 Å². The molecular weight excluding hydrogens is 407 g/mol. The zero-order chi connectivity index (χ0) is 21.6. The van der Waals surface area contributed by atoms with Crippen LogP contribution < -0.4 is 10.9 Å². The van der Waals surface area contributed by atoms with Crippen molar-refractivity contribution < 1.29 is 18.0 Å². The van der Waals surface area contributed by atoms with Gasteiger partial charge in [0, 0.05) is 19.3 Å². The Kier molecular flexibility index (Phi) is 7.87. The molecule has 0 aliphatic rings. The van der Waals surface area contributed by atoms with Crippen molar-refractivity contribution in [2.24, 2.45) is 0 Å². The first-order valence-electron chi connectivity index (χ1n) is 9.18. The molecule has 1 aromatic carbocycles. The second-order valence-corrected chi connectivity index (χ2v) is 6.92. The van der Waals surface area contributed by atoms with Crippen molar-refractivity contribution in [3.8, 4) is 0 Å². The van der Waals surface area contributed by atoms with Crippen LogP contribution in [0.4, 0.5) is 13.2 Å². The standard InChI is InChI=1S/C20H23ClF3N3O2/c1-3-26(4-2)11-15-8-6-5-7-14(15)10-25-18(28)13-27-12-16(20(22,23)24)9-17(21)19(27)29/h5-9,12H,3-4,10-11,13H2,1-2H3,(H,25,28). The van der Waals surface area contributed by atoms with E-state index in [-0.39, 0.29) is 6.54 Å².